The molecule has 3 rings (SSSR count). The fraction of sp³-hybridized carbons (Fsp3) is 0.800. The van der Waals surface area contributed by atoms with Crippen molar-refractivity contribution in [3.63, 3.8) is 0 Å². The molecule has 3 aliphatic rings. The van der Waals surface area contributed by atoms with Crippen LogP contribution in [0, 0.1) is 17.8 Å². The van der Waals surface area contributed by atoms with Crippen LogP contribution in [0.1, 0.15) is 54.4 Å². The van der Waals surface area contributed by atoms with Crippen molar-refractivity contribution in [2.75, 3.05) is 0 Å². The molecule has 2 aliphatic carbocycles. The summed E-state index contributed by atoms with van der Waals surface area (Å²) in [6.45, 7) is 16.6. The van der Waals surface area contributed by atoms with Crippen LogP contribution in [-0.4, -0.2) is 36.4 Å². The average molecular weight is 380 g/mol. The van der Waals surface area contributed by atoms with E-state index in [1.54, 1.807) is 11.1 Å². The quantitative estimate of drug-likeness (QED) is 0.653. The van der Waals surface area contributed by atoms with Gasteiger partial charge in [-0.2, -0.15) is 0 Å². The standard InChI is InChI=1S/C20H33NO4Si/c1-18(2,3)24-17(23)21-12-11-14-16-13(9-10-15(16)22)20(14,21)25-26(7,8)19(4,5)6/h11-14,16H,9-10H2,1-8H3/t13-,14-,16+,20-/m0/s1. The molecule has 0 radical (unpaired) electrons. The van der Waals surface area contributed by atoms with Crippen molar-refractivity contribution in [3.05, 3.63) is 12.3 Å². The van der Waals surface area contributed by atoms with E-state index in [1.807, 2.05) is 26.8 Å². The van der Waals surface area contributed by atoms with E-state index in [2.05, 4.69) is 33.9 Å². The minimum absolute atomic E-state index is 0.0107. The molecule has 0 spiro atoms. The van der Waals surface area contributed by atoms with Gasteiger partial charge in [0.2, 0.25) is 0 Å². The second-order valence-corrected chi connectivity index (χ2v) is 15.2. The van der Waals surface area contributed by atoms with Crippen LogP contribution >= 0.6 is 0 Å². The van der Waals surface area contributed by atoms with Gasteiger partial charge in [0.05, 0.1) is 0 Å². The van der Waals surface area contributed by atoms with Crippen LogP contribution in [0.15, 0.2) is 12.3 Å². The third kappa shape index (κ3) is 2.76. The third-order valence-corrected chi connectivity index (χ3v) is 11.0. The number of hydrogen-bond donors (Lipinski definition) is 0. The number of ether oxygens (including phenoxy) is 1. The maximum atomic E-state index is 13.0. The summed E-state index contributed by atoms with van der Waals surface area (Å²) in [7, 11) is -2.16. The number of fused-ring (bicyclic) bond motifs is 4. The normalized spacial score (nSPS) is 33.8. The minimum atomic E-state index is -2.16. The fourth-order valence-corrected chi connectivity index (χ4v) is 5.84. The Balaban J connectivity index is 1.97. The Bertz CT molecular complexity index is 658. The number of carbonyl (C=O) groups is 2. The highest BCUT2D eigenvalue weighted by atomic mass is 28.4. The molecule has 146 valence electrons. The maximum absolute atomic E-state index is 13.0. The van der Waals surface area contributed by atoms with Gasteiger partial charge < -0.3 is 9.16 Å². The Morgan fingerprint density at radius 1 is 1.23 bits per heavy atom. The highest BCUT2D eigenvalue weighted by Gasteiger charge is 2.73. The summed E-state index contributed by atoms with van der Waals surface area (Å²) in [6.07, 6.45) is 4.77. The van der Waals surface area contributed by atoms with E-state index >= 15 is 0 Å². The highest BCUT2D eigenvalue weighted by molar-refractivity contribution is 6.74. The summed E-state index contributed by atoms with van der Waals surface area (Å²) in [5.74, 6) is 0.314. The van der Waals surface area contributed by atoms with Crippen LogP contribution < -0.4 is 0 Å². The van der Waals surface area contributed by atoms with Gasteiger partial charge in [-0.25, -0.2) is 4.79 Å². The number of ketones is 1. The molecular formula is C20H33NO4Si. The number of amides is 1. The van der Waals surface area contributed by atoms with Crippen molar-refractivity contribution in [1.82, 2.24) is 4.90 Å². The summed E-state index contributed by atoms with van der Waals surface area (Å²) in [5, 5.41) is 0.0161. The first kappa shape index (κ1) is 19.6. The van der Waals surface area contributed by atoms with Crippen molar-refractivity contribution < 1.29 is 18.8 Å². The Kier molecular flexibility index (Phi) is 4.28. The first-order chi connectivity index (χ1) is 11.7. The van der Waals surface area contributed by atoms with E-state index < -0.39 is 19.6 Å². The van der Waals surface area contributed by atoms with Crippen molar-refractivity contribution in [3.8, 4) is 0 Å². The van der Waals surface area contributed by atoms with Crippen LogP contribution in [0.4, 0.5) is 4.79 Å². The van der Waals surface area contributed by atoms with E-state index in [-0.39, 0.29) is 28.9 Å². The molecule has 4 atom stereocenters. The number of nitrogens with zero attached hydrogens (tertiary/aromatic N) is 1. The van der Waals surface area contributed by atoms with E-state index in [0.29, 0.717) is 12.2 Å². The van der Waals surface area contributed by atoms with Gasteiger partial charge in [0, 0.05) is 30.4 Å². The molecular weight excluding hydrogens is 346 g/mol. The third-order valence-electron chi connectivity index (χ3n) is 6.54. The molecule has 0 saturated heterocycles. The molecule has 0 aromatic heterocycles. The molecule has 1 amide bonds. The summed E-state index contributed by atoms with van der Waals surface area (Å²) < 4.78 is 12.6. The van der Waals surface area contributed by atoms with Crippen LogP contribution in [0.25, 0.3) is 0 Å². The lowest BCUT2D eigenvalue weighted by molar-refractivity contribution is -0.211. The SMILES string of the molecule is CC(C)(C)OC(=O)N1C=C[C@H]2[C@@H]3C(=O)CC[C@@H]3[C@]21O[Si](C)(C)C(C)(C)C. The molecule has 6 heteroatoms. The lowest BCUT2D eigenvalue weighted by atomic mass is 9.60. The molecule has 1 aliphatic heterocycles. The summed E-state index contributed by atoms with van der Waals surface area (Å²) >= 11 is 0. The van der Waals surface area contributed by atoms with Crippen molar-refractivity contribution in [1.29, 1.82) is 0 Å². The topological polar surface area (TPSA) is 55.8 Å². The second kappa shape index (κ2) is 5.68. The second-order valence-electron chi connectivity index (χ2n) is 10.5. The Hall–Kier alpha value is -1.14. The molecule has 0 aromatic carbocycles. The van der Waals surface area contributed by atoms with Crippen LogP contribution in [0.5, 0.6) is 0 Å². The Morgan fingerprint density at radius 2 is 1.85 bits per heavy atom. The van der Waals surface area contributed by atoms with Gasteiger partial charge in [0.15, 0.2) is 14.0 Å². The average Bonchev–Trinajstić information content (AvgIpc) is 2.90. The van der Waals surface area contributed by atoms with E-state index in [9.17, 15) is 9.59 Å². The number of Topliss-reactive ketones (excluding diaryl/α,β-unsaturated/α-hetero) is 1. The van der Waals surface area contributed by atoms with Gasteiger partial charge in [0.25, 0.3) is 0 Å². The van der Waals surface area contributed by atoms with E-state index in [4.69, 9.17) is 9.16 Å². The van der Waals surface area contributed by atoms with Gasteiger partial charge in [-0.15, -0.1) is 0 Å². The number of hydrogen-bond acceptors (Lipinski definition) is 4. The van der Waals surface area contributed by atoms with Gasteiger partial charge in [-0.1, -0.05) is 26.8 Å². The van der Waals surface area contributed by atoms with E-state index in [1.165, 1.54) is 0 Å². The van der Waals surface area contributed by atoms with Crippen molar-refractivity contribution in [2.45, 2.75) is 83.8 Å². The molecule has 1 heterocycles. The summed E-state index contributed by atoms with van der Waals surface area (Å²) in [4.78, 5) is 27.0. The number of rotatable bonds is 2. The lowest BCUT2D eigenvalue weighted by Crippen LogP contribution is -2.72. The van der Waals surface area contributed by atoms with Gasteiger partial charge in [-0.3, -0.25) is 9.69 Å². The zero-order valence-electron chi connectivity index (χ0n) is 17.4. The molecule has 0 unspecified atom stereocenters. The molecule has 0 aromatic rings. The minimum Gasteiger partial charge on any atom is -0.443 e. The van der Waals surface area contributed by atoms with Crippen molar-refractivity contribution in [2.24, 2.45) is 17.8 Å². The first-order valence-corrected chi connectivity index (χ1v) is 12.5. The lowest BCUT2D eigenvalue weighted by Gasteiger charge is -2.60. The highest BCUT2D eigenvalue weighted by Crippen LogP contribution is 2.64. The zero-order chi connectivity index (χ0) is 19.7. The van der Waals surface area contributed by atoms with Crippen LogP contribution in [0.3, 0.4) is 0 Å². The predicted octanol–water partition coefficient (Wildman–Crippen LogP) is 4.69. The monoisotopic (exact) mass is 379 g/mol. The predicted molar refractivity (Wildman–Crippen MR) is 103 cm³/mol. The first-order valence-electron chi connectivity index (χ1n) is 9.64. The fourth-order valence-electron chi connectivity index (χ4n) is 4.33. The van der Waals surface area contributed by atoms with Gasteiger partial charge in [0.1, 0.15) is 11.4 Å². The Morgan fingerprint density at radius 3 is 2.38 bits per heavy atom. The van der Waals surface area contributed by atoms with Gasteiger partial charge in [-0.05, 0) is 45.3 Å². The van der Waals surface area contributed by atoms with Gasteiger partial charge >= 0.3 is 6.09 Å². The molecule has 2 saturated carbocycles. The smallest absolute Gasteiger partial charge is 0.416 e. The summed E-state index contributed by atoms with van der Waals surface area (Å²) in [5.41, 5.74) is -1.32. The van der Waals surface area contributed by atoms with E-state index in [0.717, 1.165) is 6.42 Å². The van der Waals surface area contributed by atoms with Crippen LogP contribution in [-0.2, 0) is 14.0 Å². The molecule has 0 N–H and O–H groups in total. The zero-order valence-corrected chi connectivity index (χ0v) is 18.4. The maximum Gasteiger partial charge on any atom is 0.416 e. The largest absolute Gasteiger partial charge is 0.443 e. The molecule has 2 fully saturated rings. The number of carbonyl (C=O) groups excluding carboxylic acids is 2. The molecule has 5 nitrogen and oxygen atoms in total. The van der Waals surface area contributed by atoms with Crippen LogP contribution in [0.2, 0.25) is 18.1 Å². The Labute approximate surface area is 158 Å². The van der Waals surface area contributed by atoms with Crippen molar-refractivity contribution >= 4 is 20.2 Å². The molecule has 26 heavy (non-hydrogen) atoms. The summed E-state index contributed by atoms with van der Waals surface area (Å²) in [6, 6.07) is 0. The molecule has 0 bridgehead atoms.